The van der Waals surface area contributed by atoms with E-state index < -0.39 is 77.8 Å². The molecule has 1 aromatic carbocycles. The number of fused-ring (bicyclic) bond motifs is 4. The molecule has 2 saturated heterocycles. The number of aryl methyl sites for hydroxylation is 2. The van der Waals surface area contributed by atoms with Gasteiger partial charge in [-0.1, -0.05) is 45.4 Å². The molecule has 14 atom stereocenters. The first-order chi connectivity index (χ1) is 31.8. The van der Waals surface area contributed by atoms with Crippen LogP contribution < -0.4 is 4.74 Å². The van der Waals surface area contributed by atoms with Gasteiger partial charge >= 0.3 is 5.97 Å². The minimum absolute atomic E-state index is 0.0151. The molecular weight excluding hydrogens is 857 g/mol. The molecule has 2 aromatic rings. The molecule has 4 heterocycles. The summed E-state index contributed by atoms with van der Waals surface area (Å²) < 4.78 is 39.2. The molecule has 2 bridgehead atoms. The van der Waals surface area contributed by atoms with Crippen molar-refractivity contribution >= 4 is 34.3 Å². The number of hydrogen-bond acceptors (Lipinski definition) is 12. The Balaban J connectivity index is 1.30. The van der Waals surface area contributed by atoms with Crippen LogP contribution in [0.1, 0.15) is 118 Å². The Morgan fingerprint density at radius 1 is 0.910 bits per heavy atom. The Bertz CT molecular complexity index is 2130. The van der Waals surface area contributed by atoms with E-state index in [4.69, 9.17) is 28.4 Å². The highest BCUT2D eigenvalue weighted by molar-refractivity contribution is 6.39. The number of aromatic nitrogens is 1. The predicted octanol–water partition coefficient (Wildman–Crippen LogP) is 7.36. The number of rotatable bonds is 8. The molecule has 14 unspecified atom stereocenters. The Morgan fingerprint density at radius 3 is 2.30 bits per heavy atom. The number of aliphatic hydroxyl groups is 2. The number of Topliss-reactive ketones (excluding diaryl/α,β-unsaturated/α-hetero) is 2. The third-order valence-electron chi connectivity index (χ3n) is 15.3. The average Bonchev–Trinajstić information content (AvgIpc) is 3.60. The van der Waals surface area contributed by atoms with Crippen LogP contribution in [0, 0.1) is 36.5 Å². The van der Waals surface area contributed by atoms with Crippen LogP contribution in [-0.4, -0.2) is 126 Å². The molecule has 0 radical (unpaired) electrons. The summed E-state index contributed by atoms with van der Waals surface area (Å²) in [4.78, 5) is 58.6. The molecule has 14 nitrogen and oxygen atoms in total. The van der Waals surface area contributed by atoms with Crippen LogP contribution >= 0.6 is 0 Å². The number of ketones is 2. The summed E-state index contributed by atoms with van der Waals surface area (Å²) in [6.45, 7) is 13.5. The van der Waals surface area contributed by atoms with Crippen molar-refractivity contribution in [3.63, 3.8) is 0 Å². The second-order valence-electron chi connectivity index (χ2n) is 20.3. The Labute approximate surface area is 397 Å². The van der Waals surface area contributed by atoms with Gasteiger partial charge in [-0.3, -0.25) is 14.4 Å². The third-order valence-corrected chi connectivity index (χ3v) is 15.3. The first kappa shape index (κ1) is 52.5. The number of aliphatic hydroxyl groups excluding tert-OH is 1. The van der Waals surface area contributed by atoms with Gasteiger partial charge in [0.25, 0.3) is 11.7 Å². The van der Waals surface area contributed by atoms with Crippen molar-refractivity contribution in [1.82, 2.24) is 9.47 Å². The van der Waals surface area contributed by atoms with Gasteiger partial charge in [-0.05, 0) is 126 Å². The zero-order valence-electron chi connectivity index (χ0n) is 41.8. The molecule has 1 amide bonds. The molecule has 1 aliphatic carbocycles. The number of piperidine rings is 1. The lowest BCUT2D eigenvalue weighted by atomic mass is 9.81. The maximum atomic E-state index is 14.6. The van der Waals surface area contributed by atoms with E-state index in [0.717, 1.165) is 28.6 Å². The number of ether oxygens (including phenoxy) is 6. The van der Waals surface area contributed by atoms with Crippen LogP contribution in [0.15, 0.2) is 47.7 Å². The smallest absolute Gasteiger partial charge is 0.329 e. The lowest BCUT2D eigenvalue weighted by Crippen LogP contribution is -2.64. The SMILES string of the molecule is CCC1C=C(C)CC(C)CC(OC)C2OC(O)(C(=O)C(=O)N3CCCCC3C(=O)OC(C(C)=CC3CCC(Oc4ccc5c(c4)c(C)cn5C)C(OC)C3)C(C)C(O)CC1=O)C(C)CC2OC. The van der Waals surface area contributed by atoms with Gasteiger partial charge in [0.1, 0.15) is 35.9 Å². The lowest BCUT2D eigenvalue weighted by molar-refractivity contribution is -0.302. The number of nitrogens with zero attached hydrogens (tertiary/aromatic N) is 2. The van der Waals surface area contributed by atoms with Gasteiger partial charge in [-0.15, -0.1) is 0 Å². The van der Waals surface area contributed by atoms with Crippen LogP contribution in [0.5, 0.6) is 5.75 Å². The maximum Gasteiger partial charge on any atom is 0.329 e. The van der Waals surface area contributed by atoms with Crippen LogP contribution in [0.25, 0.3) is 10.9 Å². The van der Waals surface area contributed by atoms with Crippen molar-refractivity contribution in [2.45, 2.75) is 174 Å². The minimum atomic E-state index is -2.51. The van der Waals surface area contributed by atoms with Crippen LogP contribution in [-0.2, 0) is 49.9 Å². The Morgan fingerprint density at radius 2 is 1.61 bits per heavy atom. The van der Waals surface area contributed by atoms with E-state index in [2.05, 4.69) is 42.8 Å². The van der Waals surface area contributed by atoms with Gasteiger partial charge in [-0.25, -0.2) is 4.79 Å². The van der Waals surface area contributed by atoms with Crippen LogP contribution in [0.2, 0.25) is 0 Å². The van der Waals surface area contributed by atoms with E-state index >= 15 is 0 Å². The molecule has 2 N–H and O–H groups in total. The second-order valence-corrected chi connectivity index (χ2v) is 20.3. The molecule has 1 aromatic heterocycles. The number of allylic oxidation sites excluding steroid dienone is 3. The molecule has 0 spiro atoms. The highest BCUT2D eigenvalue weighted by Crippen LogP contribution is 2.40. The topological polar surface area (TPSA) is 172 Å². The summed E-state index contributed by atoms with van der Waals surface area (Å²) in [6, 6.07) is 5.00. The molecule has 14 heteroatoms. The van der Waals surface area contributed by atoms with E-state index in [1.54, 1.807) is 35.2 Å². The number of carbonyl (C=O) groups is 4. The average molecular weight is 935 g/mol. The molecular formula is C53H78N2O12. The molecule has 3 aliphatic heterocycles. The van der Waals surface area contributed by atoms with Crippen LogP contribution in [0.4, 0.5) is 0 Å². The quantitative estimate of drug-likeness (QED) is 0.153. The second kappa shape index (κ2) is 22.7. The molecule has 372 valence electrons. The van der Waals surface area contributed by atoms with Crippen molar-refractivity contribution < 1.29 is 57.8 Å². The zero-order valence-corrected chi connectivity index (χ0v) is 41.8. The molecule has 4 aliphatic rings. The van der Waals surface area contributed by atoms with E-state index in [0.29, 0.717) is 50.5 Å². The third kappa shape index (κ3) is 11.8. The van der Waals surface area contributed by atoms with Crippen molar-refractivity contribution in [3.8, 4) is 5.75 Å². The molecule has 1 saturated carbocycles. The summed E-state index contributed by atoms with van der Waals surface area (Å²) in [6.07, 6.45) is 6.74. The fourth-order valence-corrected chi connectivity index (χ4v) is 11.3. The standard InChI is InChI=1S/C53H78N2O12/c1-12-37-22-30(2)21-31(3)23-46(63-10)49-47(64-11)25-34(6)53(61,67-49)50(58)51(59)55-20-14-13-15-41(55)52(60)66-48(35(7)42(56)28-43(37)57)32(4)24-36-16-19-44(45(26-36)62-9)65-38-17-18-40-39(27-38)33(5)29-54(40)8/h17-18,22,24,27,29,31,34-37,41-42,44-49,56,61H,12-16,19-21,23,25-26,28H2,1-11H3. The van der Waals surface area contributed by atoms with Crippen molar-refractivity contribution in [2.75, 3.05) is 27.9 Å². The summed E-state index contributed by atoms with van der Waals surface area (Å²) >= 11 is 0. The van der Waals surface area contributed by atoms with Gasteiger partial charge in [0.15, 0.2) is 0 Å². The highest BCUT2D eigenvalue weighted by Gasteiger charge is 2.56. The van der Waals surface area contributed by atoms with Crippen molar-refractivity contribution in [3.05, 3.63) is 53.3 Å². The summed E-state index contributed by atoms with van der Waals surface area (Å²) in [5.41, 5.74) is 4.00. The van der Waals surface area contributed by atoms with E-state index in [1.807, 2.05) is 40.0 Å². The molecule has 3 fully saturated rings. The van der Waals surface area contributed by atoms with Gasteiger partial charge in [-0.2, -0.15) is 0 Å². The van der Waals surface area contributed by atoms with E-state index in [-0.39, 0.29) is 55.6 Å². The highest BCUT2D eigenvalue weighted by atomic mass is 16.7. The predicted molar refractivity (Wildman–Crippen MR) is 254 cm³/mol. The lowest BCUT2D eigenvalue weighted by Gasteiger charge is -2.47. The number of methoxy groups -OCH3 is 3. The number of hydrogen-bond donors (Lipinski definition) is 2. The normalized spacial score (nSPS) is 36.0. The summed E-state index contributed by atoms with van der Waals surface area (Å²) in [7, 11) is 6.80. The summed E-state index contributed by atoms with van der Waals surface area (Å²) in [5.74, 6) is -6.70. The maximum absolute atomic E-state index is 14.6. The van der Waals surface area contributed by atoms with Gasteiger partial charge in [0.05, 0.1) is 24.4 Å². The summed E-state index contributed by atoms with van der Waals surface area (Å²) in [5, 5.41) is 25.2. The largest absolute Gasteiger partial charge is 0.488 e. The Kier molecular flexibility index (Phi) is 17.7. The number of esters is 1. The first-order valence-corrected chi connectivity index (χ1v) is 24.7. The molecule has 6 rings (SSSR count). The number of benzene rings is 1. The molecule has 67 heavy (non-hydrogen) atoms. The van der Waals surface area contributed by atoms with Gasteiger partial charge in [0.2, 0.25) is 5.79 Å². The number of cyclic esters (lactones) is 1. The fourth-order valence-electron chi connectivity index (χ4n) is 11.3. The van der Waals surface area contributed by atoms with Crippen molar-refractivity contribution in [1.29, 1.82) is 0 Å². The monoisotopic (exact) mass is 935 g/mol. The van der Waals surface area contributed by atoms with E-state index in [9.17, 15) is 29.4 Å². The number of carbonyl (C=O) groups excluding carboxylic acids is 4. The van der Waals surface area contributed by atoms with Crippen molar-refractivity contribution in [2.24, 2.45) is 36.6 Å². The van der Waals surface area contributed by atoms with Gasteiger partial charge < -0.3 is 48.1 Å². The minimum Gasteiger partial charge on any atom is -0.488 e. The fraction of sp³-hybridized carbons (Fsp3) is 0.698. The van der Waals surface area contributed by atoms with E-state index in [1.165, 1.54) is 10.5 Å². The number of amides is 1. The Hall–Kier alpha value is -3.92. The van der Waals surface area contributed by atoms with Crippen LogP contribution in [0.3, 0.4) is 0 Å². The van der Waals surface area contributed by atoms with Gasteiger partial charge in [0, 0.05) is 76.2 Å². The first-order valence-electron chi connectivity index (χ1n) is 24.7. The zero-order chi connectivity index (χ0) is 48.9.